The van der Waals surface area contributed by atoms with E-state index in [9.17, 15) is 9.59 Å². The number of benzene rings is 1. The van der Waals surface area contributed by atoms with Crippen LogP contribution in [0.5, 0.6) is 0 Å². The Kier molecular flexibility index (Phi) is 5.20. The highest BCUT2D eigenvalue weighted by Crippen LogP contribution is 2.24. The molecule has 1 aromatic carbocycles. The molecule has 4 rings (SSSR count). The maximum absolute atomic E-state index is 13.0. The number of likely N-dealkylation sites (tertiary alicyclic amines) is 1. The molecule has 0 atom stereocenters. The molecule has 148 valence electrons. The summed E-state index contributed by atoms with van der Waals surface area (Å²) in [5.74, 6) is 0.602. The van der Waals surface area contributed by atoms with Gasteiger partial charge in [-0.3, -0.25) is 9.59 Å². The zero-order valence-electron chi connectivity index (χ0n) is 16.7. The van der Waals surface area contributed by atoms with Crippen LogP contribution >= 0.6 is 0 Å². The van der Waals surface area contributed by atoms with Crippen LogP contribution in [0.3, 0.4) is 0 Å². The van der Waals surface area contributed by atoms with Gasteiger partial charge in [0.05, 0.1) is 5.69 Å². The topological polar surface area (TPSA) is 67.2 Å². The van der Waals surface area contributed by atoms with Crippen molar-refractivity contribution in [2.75, 3.05) is 18.4 Å². The molecule has 0 aliphatic carbocycles. The number of carbonyl (C=O) groups excluding carboxylic acids is 2. The molecule has 2 aliphatic rings. The Morgan fingerprint density at radius 3 is 2.36 bits per heavy atom. The number of anilines is 1. The molecule has 6 heteroatoms. The summed E-state index contributed by atoms with van der Waals surface area (Å²) < 4.78 is 1.97. The number of nitrogens with zero attached hydrogens (tertiary/aromatic N) is 3. The van der Waals surface area contributed by atoms with E-state index < -0.39 is 0 Å². The van der Waals surface area contributed by atoms with Gasteiger partial charge in [0.25, 0.3) is 11.8 Å². The number of amides is 2. The van der Waals surface area contributed by atoms with Crippen LogP contribution in [-0.4, -0.2) is 39.4 Å². The van der Waals surface area contributed by atoms with Crippen LogP contribution in [0.25, 0.3) is 0 Å². The van der Waals surface area contributed by atoms with E-state index in [1.807, 2.05) is 33.7 Å². The summed E-state index contributed by atoms with van der Waals surface area (Å²) >= 11 is 0. The lowest BCUT2D eigenvalue weighted by Crippen LogP contribution is -2.31. The zero-order chi connectivity index (χ0) is 19.7. The first kappa shape index (κ1) is 18.7. The Morgan fingerprint density at radius 1 is 1.00 bits per heavy atom. The third kappa shape index (κ3) is 3.55. The molecular weight excluding hydrogens is 352 g/mol. The monoisotopic (exact) mass is 380 g/mol. The molecule has 1 aromatic heterocycles. The van der Waals surface area contributed by atoms with Crippen LogP contribution in [0.4, 0.5) is 5.69 Å². The molecule has 2 aromatic rings. The fraction of sp³-hybridized carbons (Fsp3) is 0.500. The fourth-order valence-corrected chi connectivity index (χ4v) is 4.09. The van der Waals surface area contributed by atoms with Crippen molar-refractivity contribution >= 4 is 17.5 Å². The van der Waals surface area contributed by atoms with E-state index in [0.29, 0.717) is 17.4 Å². The SMILES string of the molecule is CC(C)c1ccc(NC(=O)c2nc(C(=O)N3CCCC3)n3c2CCCC3)cc1. The maximum Gasteiger partial charge on any atom is 0.289 e. The lowest BCUT2D eigenvalue weighted by molar-refractivity contribution is 0.0774. The summed E-state index contributed by atoms with van der Waals surface area (Å²) in [5, 5.41) is 2.96. The summed E-state index contributed by atoms with van der Waals surface area (Å²) in [5.41, 5.74) is 3.27. The minimum absolute atomic E-state index is 0.0408. The lowest BCUT2D eigenvalue weighted by Gasteiger charge is -2.19. The van der Waals surface area contributed by atoms with Gasteiger partial charge in [-0.2, -0.15) is 0 Å². The van der Waals surface area contributed by atoms with E-state index in [1.165, 1.54) is 5.56 Å². The van der Waals surface area contributed by atoms with Gasteiger partial charge < -0.3 is 14.8 Å². The van der Waals surface area contributed by atoms with Crippen LogP contribution < -0.4 is 5.32 Å². The van der Waals surface area contributed by atoms with Gasteiger partial charge in [-0.25, -0.2) is 4.98 Å². The number of hydrogen-bond donors (Lipinski definition) is 1. The Morgan fingerprint density at radius 2 is 1.68 bits per heavy atom. The number of fused-ring (bicyclic) bond motifs is 1. The number of carbonyl (C=O) groups is 2. The van der Waals surface area contributed by atoms with Gasteiger partial charge in [-0.15, -0.1) is 0 Å². The van der Waals surface area contributed by atoms with Gasteiger partial charge >= 0.3 is 0 Å². The average molecular weight is 380 g/mol. The Balaban J connectivity index is 1.59. The van der Waals surface area contributed by atoms with Crippen LogP contribution in [0.15, 0.2) is 24.3 Å². The Hall–Kier alpha value is -2.63. The van der Waals surface area contributed by atoms with Gasteiger partial charge in [0, 0.05) is 25.3 Å². The minimum Gasteiger partial charge on any atom is -0.336 e. The second-order valence-corrected chi connectivity index (χ2v) is 8.07. The van der Waals surface area contributed by atoms with Gasteiger partial charge in [-0.1, -0.05) is 26.0 Å². The number of imidazole rings is 1. The van der Waals surface area contributed by atoms with Crippen LogP contribution in [0, 0.1) is 0 Å². The molecular formula is C22H28N4O2. The molecule has 0 bridgehead atoms. The highest BCUT2D eigenvalue weighted by molar-refractivity contribution is 6.05. The number of nitrogens with one attached hydrogen (secondary N) is 1. The molecule has 0 spiro atoms. The van der Waals surface area contributed by atoms with Crippen molar-refractivity contribution in [3.63, 3.8) is 0 Å². The quantitative estimate of drug-likeness (QED) is 0.876. The zero-order valence-corrected chi connectivity index (χ0v) is 16.7. The summed E-state index contributed by atoms with van der Waals surface area (Å²) in [6.45, 7) is 6.61. The van der Waals surface area contributed by atoms with E-state index in [1.54, 1.807) is 0 Å². The Bertz CT molecular complexity index is 877. The van der Waals surface area contributed by atoms with Crippen molar-refractivity contribution in [2.45, 2.75) is 58.4 Å². The van der Waals surface area contributed by atoms with Crippen LogP contribution in [-0.2, 0) is 13.0 Å². The highest BCUT2D eigenvalue weighted by Gasteiger charge is 2.30. The molecule has 0 unspecified atom stereocenters. The van der Waals surface area contributed by atoms with Crippen molar-refractivity contribution in [2.24, 2.45) is 0 Å². The van der Waals surface area contributed by atoms with Gasteiger partial charge in [-0.05, 0) is 55.7 Å². The van der Waals surface area contributed by atoms with Crippen molar-refractivity contribution < 1.29 is 9.59 Å². The van der Waals surface area contributed by atoms with Gasteiger partial charge in [0.2, 0.25) is 0 Å². The first-order valence-electron chi connectivity index (χ1n) is 10.3. The van der Waals surface area contributed by atoms with Gasteiger partial charge in [0.15, 0.2) is 11.5 Å². The smallest absolute Gasteiger partial charge is 0.289 e. The molecule has 1 fully saturated rings. The number of hydrogen-bond acceptors (Lipinski definition) is 3. The summed E-state index contributed by atoms with van der Waals surface area (Å²) in [6, 6.07) is 7.91. The van der Waals surface area contributed by atoms with E-state index in [0.717, 1.165) is 63.1 Å². The van der Waals surface area contributed by atoms with Crippen molar-refractivity contribution in [1.29, 1.82) is 0 Å². The van der Waals surface area contributed by atoms with Crippen molar-refractivity contribution in [1.82, 2.24) is 14.5 Å². The second kappa shape index (κ2) is 7.78. The van der Waals surface area contributed by atoms with Crippen LogP contribution in [0.2, 0.25) is 0 Å². The normalized spacial score (nSPS) is 16.3. The average Bonchev–Trinajstić information content (AvgIpc) is 3.36. The summed E-state index contributed by atoms with van der Waals surface area (Å²) in [6.07, 6.45) is 4.90. The molecule has 2 amide bonds. The minimum atomic E-state index is -0.233. The first-order valence-corrected chi connectivity index (χ1v) is 10.3. The van der Waals surface area contributed by atoms with E-state index in [4.69, 9.17) is 0 Å². The maximum atomic E-state index is 13.0. The molecule has 6 nitrogen and oxygen atoms in total. The summed E-state index contributed by atoms with van der Waals surface area (Å²) in [4.78, 5) is 32.3. The van der Waals surface area contributed by atoms with E-state index >= 15 is 0 Å². The summed E-state index contributed by atoms with van der Waals surface area (Å²) in [7, 11) is 0. The molecule has 0 saturated carbocycles. The Labute approximate surface area is 165 Å². The number of aromatic nitrogens is 2. The van der Waals surface area contributed by atoms with Crippen molar-refractivity contribution in [3.8, 4) is 0 Å². The number of rotatable bonds is 4. The predicted octanol–water partition coefficient (Wildman–Crippen LogP) is 3.83. The highest BCUT2D eigenvalue weighted by atomic mass is 16.2. The third-order valence-electron chi connectivity index (χ3n) is 5.75. The molecule has 1 N–H and O–H groups in total. The fourth-order valence-electron chi connectivity index (χ4n) is 4.09. The molecule has 2 aliphatic heterocycles. The predicted molar refractivity (Wildman–Crippen MR) is 109 cm³/mol. The van der Waals surface area contributed by atoms with Crippen LogP contribution in [0.1, 0.15) is 77.8 Å². The molecule has 3 heterocycles. The van der Waals surface area contributed by atoms with Crippen molar-refractivity contribution in [3.05, 3.63) is 47.0 Å². The standard InChI is InChI=1S/C22H28N4O2/c1-15(2)16-8-10-17(11-9-16)23-21(27)19-18-7-3-4-14-26(18)20(24-19)22(28)25-12-5-6-13-25/h8-11,15H,3-7,12-14H2,1-2H3,(H,23,27). The van der Waals surface area contributed by atoms with Gasteiger partial charge in [0.1, 0.15) is 0 Å². The van der Waals surface area contributed by atoms with E-state index in [-0.39, 0.29) is 11.8 Å². The second-order valence-electron chi connectivity index (χ2n) is 8.07. The first-order chi connectivity index (χ1) is 13.5. The third-order valence-corrected chi connectivity index (χ3v) is 5.75. The lowest BCUT2D eigenvalue weighted by atomic mass is 10.0. The molecule has 0 radical (unpaired) electrons. The largest absolute Gasteiger partial charge is 0.336 e. The molecule has 28 heavy (non-hydrogen) atoms. The molecule has 1 saturated heterocycles. The van der Waals surface area contributed by atoms with E-state index in [2.05, 4.69) is 24.1 Å².